The van der Waals surface area contributed by atoms with Gasteiger partial charge in [-0.1, -0.05) is 23.7 Å². The van der Waals surface area contributed by atoms with Crippen LogP contribution in [0.3, 0.4) is 0 Å². The average Bonchev–Trinajstić information content (AvgIpc) is 2.22. The van der Waals surface area contributed by atoms with Gasteiger partial charge in [-0.3, -0.25) is 4.79 Å². The van der Waals surface area contributed by atoms with Gasteiger partial charge in [0.2, 0.25) is 0 Å². The number of hydrogen-bond acceptors (Lipinski definition) is 3. The molecular weight excluding hydrogens is 214 g/mol. The van der Waals surface area contributed by atoms with Crippen molar-refractivity contribution in [3.8, 4) is 0 Å². The van der Waals surface area contributed by atoms with Gasteiger partial charge in [0.25, 0.3) is 0 Å². The van der Waals surface area contributed by atoms with Crippen molar-refractivity contribution in [1.29, 1.82) is 0 Å². The average molecular weight is 228 g/mol. The van der Waals surface area contributed by atoms with E-state index in [4.69, 9.17) is 22.1 Å². The number of halogens is 1. The fourth-order valence-electron chi connectivity index (χ4n) is 1.21. The predicted molar refractivity (Wildman–Crippen MR) is 59.8 cm³/mol. The van der Waals surface area contributed by atoms with Crippen LogP contribution in [0.2, 0.25) is 5.02 Å². The number of carbonyl (C=O) groups is 1. The Morgan fingerprint density at radius 2 is 2.07 bits per heavy atom. The maximum absolute atomic E-state index is 11.2. The van der Waals surface area contributed by atoms with Gasteiger partial charge in [0, 0.05) is 5.02 Å². The fraction of sp³-hybridized carbons (Fsp3) is 0.364. The van der Waals surface area contributed by atoms with Crippen molar-refractivity contribution >= 4 is 17.6 Å². The zero-order valence-electron chi connectivity index (χ0n) is 8.57. The smallest absolute Gasteiger partial charge is 0.323 e. The van der Waals surface area contributed by atoms with Crippen LogP contribution in [-0.2, 0) is 16.0 Å². The van der Waals surface area contributed by atoms with Crippen LogP contribution in [0, 0.1) is 0 Å². The van der Waals surface area contributed by atoms with E-state index in [1.807, 2.05) is 12.1 Å². The molecule has 1 atom stereocenters. The molecule has 0 aliphatic rings. The number of hydrogen-bond donors (Lipinski definition) is 1. The molecule has 0 amide bonds. The summed E-state index contributed by atoms with van der Waals surface area (Å²) < 4.78 is 4.81. The van der Waals surface area contributed by atoms with Crippen LogP contribution in [-0.4, -0.2) is 18.6 Å². The summed E-state index contributed by atoms with van der Waals surface area (Å²) in [5, 5.41) is 0.670. The van der Waals surface area contributed by atoms with Crippen LogP contribution in [0.15, 0.2) is 24.3 Å². The van der Waals surface area contributed by atoms with Gasteiger partial charge >= 0.3 is 5.97 Å². The van der Waals surface area contributed by atoms with E-state index in [0.717, 1.165) is 5.56 Å². The lowest BCUT2D eigenvalue weighted by Gasteiger charge is -2.10. The van der Waals surface area contributed by atoms with E-state index in [1.54, 1.807) is 19.1 Å². The molecule has 0 aromatic heterocycles. The molecule has 0 fully saturated rings. The largest absolute Gasteiger partial charge is 0.465 e. The van der Waals surface area contributed by atoms with Crippen molar-refractivity contribution < 1.29 is 9.53 Å². The lowest BCUT2D eigenvalue weighted by molar-refractivity contribution is -0.144. The molecular formula is C11H14ClNO2. The van der Waals surface area contributed by atoms with Crippen molar-refractivity contribution in [3.63, 3.8) is 0 Å². The van der Waals surface area contributed by atoms with E-state index in [9.17, 15) is 4.79 Å². The van der Waals surface area contributed by atoms with Crippen LogP contribution >= 0.6 is 11.6 Å². The Bertz CT molecular complexity index is 324. The number of benzene rings is 1. The van der Waals surface area contributed by atoms with Gasteiger partial charge in [-0.05, 0) is 31.0 Å². The molecule has 1 aromatic carbocycles. The first kappa shape index (κ1) is 12.0. The molecule has 0 unspecified atom stereocenters. The summed E-state index contributed by atoms with van der Waals surface area (Å²) in [5.74, 6) is -0.368. The monoisotopic (exact) mass is 227 g/mol. The van der Waals surface area contributed by atoms with Crippen LogP contribution in [0.25, 0.3) is 0 Å². The Hall–Kier alpha value is -1.06. The van der Waals surface area contributed by atoms with Gasteiger partial charge in [0.15, 0.2) is 0 Å². The zero-order chi connectivity index (χ0) is 11.3. The third kappa shape index (κ3) is 3.90. The van der Waals surface area contributed by atoms with Gasteiger partial charge in [-0.15, -0.1) is 0 Å². The van der Waals surface area contributed by atoms with Gasteiger partial charge in [-0.2, -0.15) is 0 Å². The molecule has 0 saturated carbocycles. The lowest BCUT2D eigenvalue weighted by atomic mass is 10.1. The highest BCUT2D eigenvalue weighted by Crippen LogP contribution is 2.10. The van der Waals surface area contributed by atoms with E-state index < -0.39 is 6.04 Å². The lowest BCUT2D eigenvalue weighted by Crippen LogP contribution is -2.34. The molecule has 82 valence electrons. The number of ether oxygens (including phenoxy) is 1. The highest BCUT2D eigenvalue weighted by molar-refractivity contribution is 6.30. The molecule has 2 N–H and O–H groups in total. The molecule has 1 rings (SSSR count). The molecule has 0 radical (unpaired) electrons. The summed E-state index contributed by atoms with van der Waals surface area (Å²) in [5.41, 5.74) is 6.64. The summed E-state index contributed by atoms with van der Waals surface area (Å²) in [7, 11) is 0. The second-order valence-electron chi connectivity index (χ2n) is 3.19. The molecule has 15 heavy (non-hydrogen) atoms. The third-order valence-corrected chi connectivity index (χ3v) is 2.21. The van der Waals surface area contributed by atoms with E-state index in [-0.39, 0.29) is 5.97 Å². The second kappa shape index (κ2) is 5.73. The highest BCUT2D eigenvalue weighted by Gasteiger charge is 2.14. The Balaban J connectivity index is 2.54. The molecule has 0 spiro atoms. The summed E-state index contributed by atoms with van der Waals surface area (Å²) in [4.78, 5) is 11.2. The fourth-order valence-corrected chi connectivity index (χ4v) is 1.33. The summed E-state index contributed by atoms with van der Waals surface area (Å²) in [6.07, 6.45) is 0.468. The second-order valence-corrected chi connectivity index (χ2v) is 3.63. The minimum absolute atomic E-state index is 0.354. The highest BCUT2D eigenvalue weighted by atomic mass is 35.5. The Labute approximate surface area is 94.2 Å². The normalized spacial score (nSPS) is 12.2. The predicted octanol–water partition coefficient (Wildman–Crippen LogP) is 1.77. The molecule has 0 aliphatic carbocycles. The van der Waals surface area contributed by atoms with Gasteiger partial charge in [0.05, 0.1) is 6.61 Å². The number of carbonyl (C=O) groups excluding carboxylic acids is 1. The van der Waals surface area contributed by atoms with Gasteiger partial charge < -0.3 is 10.5 Å². The minimum Gasteiger partial charge on any atom is -0.465 e. The molecule has 0 bridgehead atoms. The topological polar surface area (TPSA) is 52.3 Å². The minimum atomic E-state index is -0.605. The van der Waals surface area contributed by atoms with Crippen LogP contribution in [0.4, 0.5) is 0 Å². The molecule has 0 saturated heterocycles. The Morgan fingerprint density at radius 1 is 1.47 bits per heavy atom. The summed E-state index contributed by atoms with van der Waals surface area (Å²) in [6, 6.07) is 6.64. The molecule has 4 heteroatoms. The van der Waals surface area contributed by atoms with Crippen molar-refractivity contribution in [2.24, 2.45) is 5.73 Å². The van der Waals surface area contributed by atoms with E-state index >= 15 is 0 Å². The number of esters is 1. The Kier molecular flexibility index (Phi) is 4.59. The molecule has 0 heterocycles. The summed E-state index contributed by atoms with van der Waals surface area (Å²) in [6.45, 7) is 2.11. The quantitative estimate of drug-likeness (QED) is 0.798. The zero-order valence-corrected chi connectivity index (χ0v) is 9.33. The van der Waals surface area contributed by atoms with E-state index in [2.05, 4.69) is 0 Å². The Morgan fingerprint density at radius 3 is 2.60 bits per heavy atom. The first-order chi connectivity index (χ1) is 7.13. The molecule has 1 aromatic rings. The van der Waals surface area contributed by atoms with Crippen molar-refractivity contribution in [2.45, 2.75) is 19.4 Å². The molecule has 0 aliphatic heterocycles. The number of nitrogens with two attached hydrogens (primary N) is 1. The van der Waals surface area contributed by atoms with Crippen molar-refractivity contribution in [3.05, 3.63) is 34.9 Å². The van der Waals surface area contributed by atoms with Gasteiger partial charge in [0.1, 0.15) is 6.04 Å². The van der Waals surface area contributed by atoms with Crippen LogP contribution in [0.5, 0.6) is 0 Å². The SMILES string of the molecule is CCOC(=O)[C@@H](N)Cc1ccc(Cl)cc1. The van der Waals surface area contributed by atoms with Crippen molar-refractivity contribution in [2.75, 3.05) is 6.61 Å². The molecule has 3 nitrogen and oxygen atoms in total. The van der Waals surface area contributed by atoms with Crippen LogP contribution < -0.4 is 5.73 Å². The standard InChI is InChI=1S/C11H14ClNO2/c1-2-15-11(14)10(13)7-8-3-5-9(12)6-4-8/h3-6,10H,2,7,13H2,1H3/t10-/m0/s1. The maximum Gasteiger partial charge on any atom is 0.323 e. The first-order valence-electron chi connectivity index (χ1n) is 4.80. The van der Waals surface area contributed by atoms with Crippen molar-refractivity contribution in [1.82, 2.24) is 0 Å². The first-order valence-corrected chi connectivity index (χ1v) is 5.18. The third-order valence-electron chi connectivity index (χ3n) is 1.96. The maximum atomic E-state index is 11.2. The summed E-state index contributed by atoms with van der Waals surface area (Å²) >= 11 is 5.74. The van der Waals surface area contributed by atoms with E-state index in [0.29, 0.717) is 18.1 Å². The van der Waals surface area contributed by atoms with Gasteiger partial charge in [-0.25, -0.2) is 0 Å². The number of rotatable bonds is 4. The van der Waals surface area contributed by atoms with Crippen LogP contribution in [0.1, 0.15) is 12.5 Å². The van der Waals surface area contributed by atoms with E-state index in [1.165, 1.54) is 0 Å².